The van der Waals surface area contributed by atoms with Gasteiger partial charge < -0.3 is 5.11 Å². The Morgan fingerprint density at radius 3 is 2.43 bits per heavy atom. The molecule has 6 nitrogen and oxygen atoms in total. The second-order valence-electron chi connectivity index (χ2n) is 5.27. The lowest BCUT2D eigenvalue weighted by Gasteiger charge is -2.11. The minimum Gasteiger partial charge on any atom is -0.477 e. The molecule has 0 aromatic carbocycles. The van der Waals surface area contributed by atoms with E-state index in [4.69, 9.17) is 5.11 Å². The maximum atomic E-state index is 10.9. The van der Waals surface area contributed by atoms with E-state index in [1.165, 1.54) is 12.3 Å². The highest BCUT2D eigenvalue weighted by Gasteiger charge is 2.14. The first-order valence-electron chi connectivity index (χ1n) is 6.85. The topological polar surface area (TPSA) is 88.9 Å². The third kappa shape index (κ3) is 3.81. The van der Waals surface area contributed by atoms with Crippen molar-refractivity contribution >= 4 is 5.97 Å². The Morgan fingerprint density at radius 2 is 1.76 bits per heavy atom. The summed E-state index contributed by atoms with van der Waals surface area (Å²) in [4.78, 5) is 27.9. The van der Waals surface area contributed by atoms with E-state index in [-0.39, 0.29) is 17.5 Å². The number of aromatic carboxylic acids is 1. The van der Waals surface area contributed by atoms with Gasteiger partial charge in [0.05, 0.1) is 0 Å². The summed E-state index contributed by atoms with van der Waals surface area (Å²) in [7, 11) is 0. The average molecular weight is 286 g/mol. The Kier molecular flexibility index (Phi) is 4.57. The molecule has 0 bridgehead atoms. The van der Waals surface area contributed by atoms with Crippen LogP contribution in [0.1, 0.15) is 60.4 Å². The SMILES string of the molecule is CC(C)c1nccc(CC(C)c2nccc(C(=O)O)n2)n1. The zero-order valence-electron chi connectivity index (χ0n) is 12.3. The zero-order valence-corrected chi connectivity index (χ0v) is 12.3. The van der Waals surface area contributed by atoms with Gasteiger partial charge in [-0.2, -0.15) is 0 Å². The molecule has 1 unspecified atom stereocenters. The molecule has 0 aliphatic rings. The van der Waals surface area contributed by atoms with Crippen molar-refractivity contribution in [2.24, 2.45) is 0 Å². The van der Waals surface area contributed by atoms with Gasteiger partial charge in [0.15, 0.2) is 5.69 Å². The number of carboxylic acid groups (broad SMARTS) is 1. The van der Waals surface area contributed by atoms with E-state index in [0.717, 1.165) is 11.5 Å². The van der Waals surface area contributed by atoms with Crippen LogP contribution in [-0.2, 0) is 6.42 Å². The van der Waals surface area contributed by atoms with Gasteiger partial charge in [0.2, 0.25) is 0 Å². The quantitative estimate of drug-likeness (QED) is 0.908. The molecular weight excluding hydrogens is 268 g/mol. The summed E-state index contributed by atoms with van der Waals surface area (Å²) in [5, 5.41) is 8.97. The van der Waals surface area contributed by atoms with Crippen molar-refractivity contribution in [1.82, 2.24) is 19.9 Å². The number of nitrogens with zero attached hydrogens (tertiary/aromatic N) is 4. The summed E-state index contributed by atoms with van der Waals surface area (Å²) in [6.45, 7) is 6.04. The summed E-state index contributed by atoms with van der Waals surface area (Å²) in [6, 6.07) is 3.25. The van der Waals surface area contributed by atoms with E-state index >= 15 is 0 Å². The molecule has 1 N–H and O–H groups in total. The van der Waals surface area contributed by atoms with Crippen LogP contribution in [0.3, 0.4) is 0 Å². The number of hydrogen-bond acceptors (Lipinski definition) is 5. The van der Waals surface area contributed by atoms with Crippen LogP contribution in [0, 0.1) is 0 Å². The number of aromatic nitrogens is 4. The zero-order chi connectivity index (χ0) is 15.4. The molecule has 0 aliphatic carbocycles. The van der Waals surface area contributed by atoms with Gasteiger partial charge in [0.1, 0.15) is 11.6 Å². The minimum absolute atomic E-state index is 0.0115. The van der Waals surface area contributed by atoms with Gasteiger partial charge in [-0.25, -0.2) is 24.7 Å². The Labute approximate surface area is 123 Å². The highest BCUT2D eigenvalue weighted by atomic mass is 16.4. The lowest BCUT2D eigenvalue weighted by atomic mass is 10.0. The van der Waals surface area contributed by atoms with Crippen molar-refractivity contribution < 1.29 is 9.90 Å². The van der Waals surface area contributed by atoms with Crippen LogP contribution >= 0.6 is 0 Å². The van der Waals surface area contributed by atoms with Gasteiger partial charge in [-0.05, 0) is 18.6 Å². The van der Waals surface area contributed by atoms with Crippen LogP contribution in [0.5, 0.6) is 0 Å². The van der Waals surface area contributed by atoms with E-state index in [9.17, 15) is 4.79 Å². The first-order valence-corrected chi connectivity index (χ1v) is 6.85. The molecule has 2 heterocycles. The number of carboxylic acids is 1. The lowest BCUT2D eigenvalue weighted by Crippen LogP contribution is -2.10. The van der Waals surface area contributed by atoms with Gasteiger partial charge in [-0.15, -0.1) is 0 Å². The summed E-state index contributed by atoms with van der Waals surface area (Å²) in [5.41, 5.74) is 0.919. The molecular formula is C15H18N4O2. The molecule has 0 radical (unpaired) electrons. The van der Waals surface area contributed by atoms with Gasteiger partial charge in [-0.1, -0.05) is 20.8 Å². The standard InChI is InChI=1S/C15H18N4O2/c1-9(2)13-16-6-4-11(18-13)8-10(3)14-17-7-5-12(19-14)15(20)21/h4-7,9-10H,8H2,1-3H3,(H,20,21). The summed E-state index contributed by atoms with van der Waals surface area (Å²) >= 11 is 0. The first-order chi connectivity index (χ1) is 9.97. The highest BCUT2D eigenvalue weighted by Crippen LogP contribution is 2.17. The Bertz CT molecular complexity index is 643. The van der Waals surface area contributed by atoms with Gasteiger partial charge in [0, 0.05) is 29.9 Å². The maximum absolute atomic E-state index is 10.9. The Balaban J connectivity index is 2.17. The smallest absolute Gasteiger partial charge is 0.354 e. The van der Waals surface area contributed by atoms with Crippen molar-refractivity contribution in [1.29, 1.82) is 0 Å². The van der Waals surface area contributed by atoms with Gasteiger partial charge in [-0.3, -0.25) is 0 Å². The Hall–Kier alpha value is -2.37. The molecule has 1 atom stereocenters. The fourth-order valence-corrected chi connectivity index (χ4v) is 1.94. The number of carbonyl (C=O) groups is 1. The maximum Gasteiger partial charge on any atom is 0.354 e. The fourth-order valence-electron chi connectivity index (χ4n) is 1.94. The van der Waals surface area contributed by atoms with Crippen LogP contribution in [0.4, 0.5) is 0 Å². The first kappa shape index (κ1) is 15.0. The highest BCUT2D eigenvalue weighted by molar-refractivity contribution is 5.85. The van der Waals surface area contributed by atoms with Crippen molar-refractivity contribution in [2.45, 2.75) is 39.0 Å². The molecule has 2 aromatic rings. The van der Waals surface area contributed by atoms with E-state index in [1.807, 2.05) is 26.8 Å². The predicted molar refractivity (Wildman–Crippen MR) is 77.2 cm³/mol. The number of hydrogen-bond donors (Lipinski definition) is 1. The largest absolute Gasteiger partial charge is 0.477 e. The second kappa shape index (κ2) is 6.39. The van der Waals surface area contributed by atoms with Crippen molar-refractivity contribution in [3.63, 3.8) is 0 Å². The average Bonchev–Trinajstić information content (AvgIpc) is 2.47. The third-order valence-corrected chi connectivity index (χ3v) is 3.10. The van der Waals surface area contributed by atoms with Crippen LogP contribution < -0.4 is 0 Å². The molecule has 0 fully saturated rings. The monoisotopic (exact) mass is 286 g/mol. The van der Waals surface area contributed by atoms with Gasteiger partial charge in [0.25, 0.3) is 0 Å². The van der Waals surface area contributed by atoms with Crippen LogP contribution in [0.15, 0.2) is 24.5 Å². The summed E-state index contributed by atoms with van der Waals surface area (Å²) < 4.78 is 0. The molecule has 110 valence electrons. The van der Waals surface area contributed by atoms with Gasteiger partial charge >= 0.3 is 5.97 Å². The van der Waals surface area contributed by atoms with E-state index in [2.05, 4.69) is 19.9 Å². The number of rotatable bonds is 5. The van der Waals surface area contributed by atoms with E-state index in [0.29, 0.717) is 12.2 Å². The van der Waals surface area contributed by atoms with Crippen molar-refractivity contribution in [3.05, 3.63) is 47.6 Å². The van der Waals surface area contributed by atoms with E-state index < -0.39 is 5.97 Å². The minimum atomic E-state index is -1.05. The van der Waals surface area contributed by atoms with Crippen LogP contribution in [-0.4, -0.2) is 31.0 Å². The molecule has 0 saturated heterocycles. The molecule has 21 heavy (non-hydrogen) atoms. The molecule has 0 aliphatic heterocycles. The van der Waals surface area contributed by atoms with Crippen LogP contribution in [0.2, 0.25) is 0 Å². The van der Waals surface area contributed by atoms with Crippen LogP contribution in [0.25, 0.3) is 0 Å². The molecule has 6 heteroatoms. The second-order valence-corrected chi connectivity index (χ2v) is 5.27. The summed E-state index contributed by atoms with van der Waals surface area (Å²) in [6.07, 6.45) is 3.87. The normalized spacial score (nSPS) is 12.4. The Morgan fingerprint density at radius 1 is 1.10 bits per heavy atom. The fraction of sp³-hybridized carbons (Fsp3) is 0.400. The molecule has 2 rings (SSSR count). The van der Waals surface area contributed by atoms with E-state index in [1.54, 1.807) is 6.20 Å². The molecule has 0 saturated carbocycles. The predicted octanol–water partition coefficient (Wildman–Crippen LogP) is 2.43. The molecule has 2 aromatic heterocycles. The summed E-state index contributed by atoms with van der Waals surface area (Å²) in [5.74, 6) is 0.528. The van der Waals surface area contributed by atoms with Crippen molar-refractivity contribution in [2.75, 3.05) is 0 Å². The molecule has 0 amide bonds. The third-order valence-electron chi connectivity index (χ3n) is 3.10. The van der Waals surface area contributed by atoms with Crippen molar-refractivity contribution in [3.8, 4) is 0 Å². The molecule has 0 spiro atoms. The lowest BCUT2D eigenvalue weighted by molar-refractivity contribution is 0.0690.